The van der Waals surface area contributed by atoms with Gasteiger partial charge in [-0.2, -0.15) is 0 Å². The van der Waals surface area contributed by atoms with Crippen molar-refractivity contribution in [2.45, 2.75) is 19.3 Å². The Morgan fingerprint density at radius 1 is 1.00 bits per heavy atom. The number of anilines is 2. The minimum absolute atomic E-state index is 0.0327. The highest BCUT2D eigenvalue weighted by atomic mass is 32.2. The smallest absolute Gasteiger partial charge is 0.241 e. The summed E-state index contributed by atoms with van der Waals surface area (Å²) in [5.41, 5.74) is 1.41. The number of amides is 2. The number of carbonyl (C=O) groups is 2. The number of nitrogens with one attached hydrogen (secondary N) is 1. The first kappa shape index (κ1) is 26.1. The molecule has 2 aliphatic rings. The highest BCUT2D eigenvalue weighted by Crippen LogP contribution is 2.39. The molecule has 38 heavy (non-hydrogen) atoms. The molecule has 0 bridgehead atoms. The molecule has 1 unspecified atom stereocenters. The van der Waals surface area contributed by atoms with Gasteiger partial charge in [0, 0.05) is 31.4 Å². The molecule has 0 spiro atoms. The maximum Gasteiger partial charge on any atom is 0.241 e. The Morgan fingerprint density at radius 2 is 1.76 bits per heavy atom. The summed E-state index contributed by atoms with van der Waals surface area (Å²) in [6.07, 6.45) is 0.0327. The molecule has 0 radical (unpaired) electrons. The van der Waals surface area contributed by atoms with E-state index in [1.165, 1.54) is 13.0 Å². The van der Waals surface area contributed by atoms with E-state index >= 15 is 0 Å². The second kappa shape index (κ2) is 11.1. The number of benzene rings is 3. The van der Waals surface area contributed by atoms with Gasteiger partial charge in [-0.1, -0.05) is 36.4 Å². The number of ether oxygens (including phenoxy) is 2. The monoisotopic (exact) mass is 537 g/mol. The molecule has 3 aromatic carbocycles. The van der Waals surface area contributed by atoms with E-state index in [1.807, 2.05) is 36.4 Å². The van der Waals surface area contributed by atoms with E-state index in [9.17, 15) is 18.0 Å². The average molecular weight is 538 g/mol. The molecule has 2 fully saturated rings. The Kier molecular flexibility index (Phi) is 7.64. The van der Waals surface area contributed by atoms with Gasteiger partial charge in [-0.25, -0.2) is 13.3 Å². The number of hydrogen-bond acceptors (Lipinski definition) is 7. The second-order valence-electron chi connectivity index (χ2n) is 9.38. The lowest BCUT2D eigenvalue weighted by molar-refractivity contribution is -0.121. The minimum Gasteiger partial charge on any atom is -0.492 e. The molecular weight excluding hydrogens is 506 g/mol. The van der Waals surface area contributed by atoms with Gasteiger partial charge in [-0.15, -0.1) is 0 Å². The van der Waals surface area contributed by atoms with Crippen molar-refractivity contribution in [3.8, 4) is 5.75 Å². The van der Waals surface area contributed by atoms with Crippen LogP contribution in [0.3, 0.4) is 0 Å². The number of carbonyl (C=O) groups excluding carboxylic acids is 2. The predicted molar refractivity (Wildman–Crippen MR) is 146 cm³/mol. The van der Waals surface area contributed by atoms with E-state index in [0.29, 0.717) is 18.0 Å². The van der Waals surface area contributed by atoms with Crippen LogP contribution in [0, 0.1) is 0 Å². The molecule has 2 saturated heterocycles. The van der Waals surface area contributed by atoms with Crippen molar-refractivity contribution >= 4 is 44.0 Å². The molecule has 0 aliphatic carbocycles. The van der Waals surface area contributed by atoms with Crippen molar-refractivity contribution in [3.63, 3.8) is 0 Å². The lowest BCUT2D eigenvalue weighted by Gasteiger charge is -2.26. The van der Waals surface area contributed by atoms with E-state index in [0.717, 1.165) is 59.8 Å². The highest BCUT2D eigenvalue weighted by Gasteiger charge is 2.41. The molecule has 2 aliphatic heterocycles. The van der Waals surface area contributed by atoms with Crippen LogP contribution < -0.4 is 14.4 Å². The molecule has 2 amide bonds. The zero-order valence-electron chi connectivity index (χ0n) is 21.3. The Labute approximate surface area is 222 Å². The maximum atomic E-state index is 13.6. The normalized spacial score (nSPS) is 18.8. The fraction of sp³-hybridized carbons (Fsp3) is 0.357. The van der Waals surface area contributed by atoms with Crippen LogP contribution in [0.25, 0.3) is 10.8 Å². The van der Waals surface area contributed by atoms with Crippen LogP contribution in [0.2, 0.25) is 0 Å². The van der Waals surface area contributed by atoms with Gasteiger partial charge in [0.05, 0.1) is 36.3 Å². The van der Waals surface area contributed by atoms with Gasteiger partial charge in [0.2, 0.25) is 21.8 Å². The number of fused-ring (bicyclic) bond motifs is 1. The number of sulfonamides is 1. The zero-order chi connectivity index (χ0) is 26.7. The Hall–Kier alpha value is -3.47. The Morgan fingerprint density at radius 3 is 2.53 bits per heavy atom. The molecule has 0 aromatic heterocycles. The standard InChI is InChI=1S/C28H31N3O6S/c1-2-38(34,35)29-20-6-5-7-21(18-20)31-27(32)19-25(28(31)33)23-10-11-26(24-9-4-3-8-22(23)24)37-17-14-30-12-15-36-16-13-30/h3-11,18,25,29H,2,12-17,19H2,1H3. The molecule has 5 rings (SSSR count). The van der Waals surface area contributed by atoms with Crippen molar-refractivity contribution in [2.75, 3.05) is 54.8 Å². The fourth-order valence-electron chi connectivity index (χ4n) is 4.94. The first-order chi connectivity index (χ1) is 18.4. The van der Waals surface area contributed by atoms with Crippen LogP contribution >= 0.6 is 0 Å². The van der Waals surface area contributed by atoms with Gasteiger partial charge in [-0.3, -0.25) is 19.2 Å². The van der Waals surface area contributed by atoms with E-state index in [1.54, 1.807) is 18.2 Å². The van der Waals surface area contributed by atoms with E-state index in [-0.39, 0.29) is 24.0 Å². The average Bonchev–Trinajstić information content (AvgIpc) is 3.22. The minimum atomic E-state index is -3.49. The third kappa shape index (κ3) is 5.52. The van der Waals surface area contributed by atoms with Crippen LogP contribution in [-0.4, -0.2) is 70.3 Å². The number of nitrogens with zero attached hydrogens (tertiary/aromatic N) is 2. The Balaban J connectivity index is 1.37. The van der Waals surface area contributed by atoms with Crippen molar-refractivity contribution in [1.29, 1.82) is 0 Å². The van der Waals surface area contributed by atoms with Crippen LogP contribution in [0.4, 0.5) is 11.4 Å². The highest BCUT2D eigenvalue weighted by molar-refractivity contribution is 7.92. The summed E-state index contributed by atoms with van der Waals surface area (Å²) in [4.78, 5) is 30.1. The van der Waals surface area contributed by atoms with Gasteiger partial charge >= 0.3 is 0 Å². The maximum absolute atomic E-state index is 13.6. The fourth-order valence-corrected chi connectivity index (χ4v) is 5.57. The van der Waals surface area contributed by atoms with Gasteiger partial charge in [0.1, 0.15) is 12.4 Å². The van der Waals surface area contributed by atoms with Gasteiger partial charge < -0.3 is 9.47 Å². The molecule has 3 aromatic rings. The number of hydrogen-bond donors (Lipinski definition) is 1. The summed E-state index contributed by atoms with van der Waals surface area (Å²) in [6.45, 7) is 6.14. The quantitative estimate of drug-likeness (QED) is 0.417. The summed E-state index contributed by atoms with van der Waals surface area (Å²) in [5.74, 6) is -0.657. The first-order valence-electron chi connectivity index (χ1n) is 12.8. The SMILES string of the molecule is CCS(=O)(=O)Nc1cccc(N2C(=O)CC(c3ccc(OCCN4CCOCC4)c4ccccc34)C2=O)c1. The number of imide groups is 1. The second-order valence-corrected chi connectivity index (χ2v) is 11.4. The third-order valence-corrected chi connectivity index (χ3v) is 8.27. The summed E-state index contributed by atoms with van der Waals surface area (Å²) < 4.78 is 38.0. The number of morpholine rings is 1. The van der Waals surface area contributed by atoms with Crippen LogP contribution in [-0.2, 0) is 24.3 Å². The molecule has 1 atom stereocenters. The Bertz CT molecular complexity index is 1450. The van der Waals surface area contributed by atoms with Gasteiger partial charge in [0.15, 0.2) is 0 Å². The van der Waals surface area contributed by atoms with Crippen molar-refractivity contribution in [3.05, 3.63) is 66.2 Å². The lowest BCUT2D eigenvalue weighted by Crippen LogP contribution is -2.38. The van der Waals surface area contributed by atoms with Crippen molar-refractivity contribution < 1.29 is 27.5 Å². The number of rotatable bonds is 9. The molecule has 2 heterocycles. The predicted octanol–water partition coefficient (Wildman–Crippen LogP) is 3.36. The van der Waals surface area contributed by atoms with Crippen LogP contribution in [0.15, 0.2) is 60.7 Å². The summed E-state index contributed by atoms with van der Waals surface area (Å²) in [7, 11) is -3.49. The summed E-state index contributed by atoms with van der Waals surface area (Å²) >= 11 is 0. The van der Waals surface area contributed by atoms with Crippen LogP contribution in [0.1, 0.15) is 24.8 Å². The van der Waals surface area contributed by atoms with E-state index < -0.39 is 15.9 Å². The zero-order valence-corrected chi connectivity index (χ0v) is 22.1. The summed E-state index contributed by atoms with van der Waals surface area (Å²) in [5, 5.41) is 1.76. The van der Waals surface area contributed by atoms with Gasteiger partial charge in [-0.05, 0) is 42.1 Å². The largest absolute Gasteiger partial charge is 0.492 e. The topological polar surface area (TPSA) is 105 Å². The van der Waals surface area contributed by atoms with Gasteiger partial charge in [0.25, 0.3) is 0 Å². The third-order valence-electron chi connectivity index (χ3n) is 6.97. The molecule has 9 nitrogen and oxygen atoms in total. The molecule has 200 valence electrons. The summed E-state index contributed by atoms with van der Waals surface area (Å²) in [6, 6.07) is 17.8. The molecule has 0 saturated carbocycles. The molecular formula is C28H31N3O6S. The van der Waals surface area contributed by atoms with Crippen molar-refractivity contribution in [2.24, 2.45) is 0 Å². The van der Waals surface area contributed by atoms with E-state index in [4.69, 9.17) is 9.47 Å². The first-order valence-corrected chi connectivity index (χ1v) is 14.4. The molecule has 10 heteroatoms. The lowest BCUT2D eigenvalue weighted by atomic mass is 9.92. The van der Waals surface area contributed by atoms with Crippen molar-refractivity contribution in [1.82, 2.24) is 4.90 Å². The molecule has 1 N–H and O–H groups in total. The van der Waals surface area contributed by atoms with E-state index in [2.05, 4.69) is 9.62 Å². The van der Waals surface area contributed by atoms with Crippen LogP contribution in [0.5, 0.6) is 5.75 Å².